The molecule has 0 aliphatic carbocycles. The van der Waals surface area contributed by atoms with Crippen LogP contribution in [-0.2, 0) is 0 Å². The fourth-order valence-electron chi connectivity index (χ4n) is 6.30. The van der Waals surface area contributed by atoms with Gasteiger partial charge in [-0.15, -0.1) is 11.3 Å². The number of hydrogen-bond donors (Lipinski definition) is 0. The van der Waals surface area contributed by atoms with Gasteiger partial charge < -0.3 is 0 Å². The molecule has 0 saturated carbocycles. The molecule has 3 heterocycles. The first-order chi connectivity index (χ1) is 24.3. The molecule has 9 rings (SSSR count). The minimum absolute atomic E-state index is 0.680. The van der Waals surface area contributed by atoms with Crippen LogP contribution >= 0.6 is 11.3 Å². The zero-order chi connectivity index (χ0) is 32.6. The molecule has 0 bridgehead atoms. The minimum Gasteiger partial charge on any atom is -0.228 e. The quantitative estimate of drug-likeness (QED) is 0.181. The smallest absolute Gasteiger partial charge is 0.161 e. The van der Waals surface area contributed by atoms with Crippen molar-refractivity contribution >= 4 is 31.6 Å². The normalized spacial score (nSPS) is 11.3. The largest absolute Gasteiger partial charge is 0.228 e. The Morgan fingerprint density at radius 3 is 1.55 bits per heavy atom. The summed E-state index contributed by atoms with van der Waals surface area (Å²) in [5, 5.41) is 2.24. The van der Waals surface area contributed by atoms with Gasteiger partial charge in [0, 0.05) is 43.3 Å². The van der Waals surface area contributed by atoms with Crippen LogP contribution in [0.1, 0.15) is 0 Å². The van der Waals surface area contributed by atoms with Gasteiger partial charge >= 0.3 is 0 Å². The Morgan fingerprint density at radius 2 is 0.878 bits per heavy atom. The van der Waals surface area contributed by atoms with E-state index in [0.717, 1.165) is 71.6 Å². The molecule has 0 fully saturated rings. The van der Waals surface area contributed by atoms with E-state index in [4.69, 9.17) is 19.9 Å². The molecule has 0 spiro atoms. The zero-order valence-corrected chi connectivity index (χ0v) is 27.2. The van der Waals surface area contributed by atoms with Crippen molar-refractivity contribution in [3.05, 3.63) is 170 Å². The number of nitrogens with zero attached hydrogens (tertiary/aromatic N) is 4. The van der Waals surface area contributed by atoms with E-state index in [1.807, 2.05) is 42.5 Å². The molecule has 0 unspecified atom stereocenters. The first kappa shape index (κ1) is 28.9. The van der Waals surface area contributed by atoms with Gasteiger partial charge in [0.05, 0.1) is 17.1 Å². The van der Waals surface area contributed by atoms with Crippen molar-refractivity contribution in [1.29, 1.82) is 0 Å². The topological polar surface area (TPSA) is 51.6 Å². The summed E-state index contributed by atoms with van der Waals surface area (Å²) in [5.74, 6) is 1.39. The summed E-state index contributed by atoms with van der Waals surface area (Å²) >= 11 is 1.71. The highest BCUT2D eigenvalue weighted by Crippen LogP contribution is 2.40. The molecular formula is C44H28N4S. The zero-order valence-electron chi connectivity index (χ0n) is 26.4. The average molecular weight is 645 g/mol. The van der Waals surface area contributed by atoms with Crippen molar-refractivity contribution in [3.63, 3.8) is 0 Å². The predicted octanol–water partition coefficient (Wildman–Crippen LogP) is 11.6. The molecule has 0 aliphatic rings. The molecule has 6 aromatic carbocycles. The van der Waals surface area contributed by atoms with Gasteiger partial charge in [0.1, 0.15) is 4.83 Å². The lowest BCUT2D eigenvalue weighted by Gasteiger charge is -2.11. The summed E-state index contributed by atoms with van der Waals surface area (Å²) in [4.78, 5) is 21.5. The van der Waals surface area contributed by atoms with E-state index in [1.165, 1.54) is 4.70 Å². The van der Waals surface area contributed by atoms with Gasteiger partial charge in [-0.2, -0.15) is 0 Å². The lowest BCUT2D eigenvalue weighted by molar-refractivity contribution is 1.18. The number of fused-ring (bicyclic) bond motifs is 3. The third-order valence-electron chi connectivity index (χ3n) is 8.75. The first-order valence-electron chi connectivity index (χ1n) is 16.2. The molecule has 0 amide bonds. The number of aromatic nitrogens is 4. The van der Waals surface area contributed by atoms with Crippen molar-refractivity contribution < 1.29 is 0 Å². The summed E-state index contributed by atoms with van der Waals surface area (Å²) < 4.78 is 1.19. The fourth-order valence-corrected chi connectivity index (χ4v) is 7.37. The van der Waals surface area contributed by atoms with Crippen molar-refractivity contribution in [2.75, 3.05) is 0 Å². The molecule has 0 radical (unpaired) electrons. The molecule has 3 aromatic heterocycles. The van der Waals surface area contributed by atoms with E-state index in [-0.39, 0.29) is 0 Å². The molecule has 49 heavy (non-hydrogen) atoms. The average Bonchev–Trinajstić information content (AvgIpc) is 3.57. The van der Waals surface area contributed by atoms with Crippen LogP contribution in [0.5, 0.6) is 0 Å². The van der Waals surface area contributed by atoms with Gasteiger partial charge in [0.25, 0.3) is 0 Å². The van der Waals surface area contributed by atoms with E-state index >= 15 is 0 Å². The van der Waals surface area contributed by atoms with Crippen LogP contribution in [0.2, 0.25) is 0 Å². The summed E-state index contributed by atoms with van der Waals surface area (Å²) in [6, 6.07) is 58.5. The van der Waals surface area contributed by atoms with Crippen LogP contribution in [0.3, 0.4) is 0 Å². The summed E-state index contributed by atoms with van der Waals surface area (Å²) in [5.41, 5.74) is 10.0. The summed E-state index contributed by atoms with van der Waals surface area (Å²) in [6.45, 7) is 0. The van der Waals surface area contributed by atoms with Crippen LogP contribution in [-0.4, -0.2) is 19.9 Å². The summed E-state index contributed by atoms with van der Waals surface area (Å²) in [6.07, 6.45) is 0. The predicted molar refractivity (Wildman–Crippen MR) is 203 cm³/mol. The van der Waals surface area contributed by atoms with Gasteiger partial charge in [-0.25, -0.2) is 19.9 Å². The number of hydrogen-bond acceptors (Lipinski definition) is 5. The molecule has 0 N–H and O–H groups in total. The van der Waals surface area contributed by atoms with Gasteiger partial charge in [-0.1, -0.05) is 152 Å². The van der Waals surface area contributed by atoms with Crippen molar-refractivity contribution in [1.82, 2.24) is 19.9 Å². The van der Waals surface area contributed by atoms with Crippen LogP contribution in [0.15, 0.2) is 170 Å². The Kier molecular flexibility index (Phi) is 7.30. The van der Waals surface area contributed by atoms with E-state index in [9.17, 15) is 0 Å². The molecule has 0 aliphatic heterocycles. The highest BCUT2D eigenvalue weighted by molar-refractivity contribution is 7.25. The van der Waals surface area contributed by atoms with Gasteiger partial charge in [-0.3, -0.25) is 0 Å². The third-order valence-corrected chi connectivity index (χ3v) is 9.81. The fraction of sp³-hybridized carbons (Fsp3) is 0. The molecule has 9 aromatic rings. The Morgan fingerprint density at radius 1 is 0.347 bits per heavy atom. The van der Waals surface area contributed by atoms with Gasteiger partial charge in [-0.05, 0) is 29.3 Å². The van der Waals surface area contributed by atoms with E-state index in [1.54, 1.807) is 11.3 Å². The van der Waals surface area contributed by atoms with Gasteiger partial charge in [0.2, 0.25) is 0 Å². The van der Waals surface area contributed by atoms with E-state index in [0.29, 0.717) is 11.6 Å². The third kappa shape index (κ3) is 5.56. The van der Waals surface area contributed by atoms with Gasteiger partial charge in [0.15, 0.2) is 11.6 Å². The highest BCUT2D eigenvalue weighted by atomic mass is 32.1. The monoisotopic (exact) mass is 644 g/mol. The maximum atomic E-state index is 5.27. The molecule has 230 valence electrons. The van der Waals surface area contributed by atoms with Crippen LogP contribution in [0, 0.1) is 0 Å². The second-order valence-corrected chi connectivity index (χ2v) is 12.9. The molecule has 0 saturated heterocycles. The second-order valence-electron chi connectivity index (χ2n) is 11.9. The maximum Gasteiger partial charge on any atom is 0.161 e. The number of rotatable bonds is 6. The molecule has 5 heteroatoms. The molecule has 4 nitrogen and oxygen atoms in total. The van der Waals surface area contributed by atoms with E-state index < -0.39 is 0 Å². The van der Waals surface area contributed by atoms with Crippen molar-refractivity contribution in [2.24, 2.45) is 0 Å². The van der Waals surface area contributed by atoms with Crippen LogP contribution in [0.4, 0.5) is 0 Å². The van der Waals surface area contributed by atoms with E-state index in [2.05, 4.69) is 127 Å². The Hall–Kier alpha value is -6.30. The standard InChI is InChI=1S/C44H28N4S/c1-4-13-29(14-5-1)34-19-12-20-35(27-34)43-47-41(40-36-21-10-11-22-39(36)49-44(40)48-43)32-23-25-33(26-24-32)42-45-37(30-15-6-2-7-16-30)28-38(46-42)31-17-8-3-9-18-31/h1-28H. The Balaban J connectivity index is 1.18. The Labute approximate surface area is 288 Å². The Bertz CT molecular complexity index is 2520. The number of thiophene rings is 1. The van der Waals surface area contributed by atoms with Crippen LogP contribution in [0.25, 0.3) is 88.0 Å². The first-order valence-corrected chi connectivity index (χ1v) is 17.0. The summed E-state index contributed by atoms with van der Waals surface area (Å²) in [7, 11) is 0. The molecular weight excluding hydrogens is 617 g/mol. The minimum atomic E-state index is 0.680. The second kappa shape index (κ2) is 12.4. The lowest BCUT2D eigenvalue weighted by Crippen LogP contribution is -1.96. The molecule has 0 atom stereocenters. The maximum absolute atomic E-state index is 5.27. The number of benzene rings is 6. The lowest BCUT2D eigenvalue weighted by atomic mass is 10.0. The van der Waals surface area contributed by atoms with Crippen LogP contribution < -0.4 is 0 Å². The van der Waals surface area contributed by atoms with Crippen molar-refractivity contribution in [2.45, 2.75) is 0 Å². The highest BCUT2D eigenvalue weighted by Gasteiger charge is 2.18. The SMILES string of the molecule is c1ccc(-c2cccc(-c3nc(-c4ccc(-c5nc(-c6ccccc6)cc(-c6ccccc6)n5)cc4)c4c(n3)sc3ccccc34)c2)cc1. The van der Waals surface area contributed by atoms with Crippen molar-refractivity contribution in [3.8, 4) is 67.7 Å².